The number of aliphatic hydroxyl groups is 1. The lowest BCUT2D eigenvalue weighted by molar-refractivity contribution is -0.136. The smallest absolute Gasteiger partial charge is 0.315 e. The summed E-state index contributed by atoms with van der Waals surface area (Å²) in [6, 6.07) is 0. The predicted molar refractivity (Wildman–Crippen MR) is 66.4 cm³/mol. The second kappa shape index (κ2) is 7.75. The number of amides is 2. The molecular formula is C10H15N3O4S. The Hall–Kier alpha value is -1.51. The van der Waals surface area contributed by atoms with Crippen molar-refractivity contribution in [3.63, 3.8) is 0 Å². The van der Waals surface area contributed by atoms with Gasteiger partial charge in [0.15, 0.2) is 5.13 Å². The number of aryl methyl sites for hydroxylation is 1. The van der Waals surface area contributed by atoms with E-state index in [4.69, 9.17) is 9.84 Å². The van der Waals surface area contributed by atoms with Crippen molar-refractivity contribution in [1.82, 2.24) is 10.3 Å². The molecule has 0 atom stereocenters. The molecule has 0 fully saturated rings. The highest BCUT2D eigenvalue weighted by Gasteiger charge is 2.14. The molecule has 0 saturated heterocycles. The molecule has 0 aromatic carbocycles. The van der Waals surface area contributed by atoms with Crippen molar-refractivity contribution in [3.8, 4) is 0 Å². The summed E-state index contributed by atoms with van der Waals surface area (Å²) < 4.78 is 4.93. The normalized spacial score (nSPS) is 10.1. The topological polar surface area (TPSA) is 101 Å². The maximum absolute atomic E-state index is 11.4. The Kier molecular flexibility index (Phi) is 6.26. The summed E-state index contributed by atoms with van der Waals surface area (Å²) in [5.41, 5.74) is 0.785. The van der Waals surface area contributed by atoms with Crippen molar-refractivity contribution in [2.75, 3.05) is 31.7 Å². The Morgan fingerprint density at radius 1 is 1.44 bits per heavy atom. The number of nitrogens with zero attached hydrogens (tertiary/aromatic N) is 1. The first-order chi connectivity index (χ1) is 8.63. The van der Waals surface area contributed by atoms with Crippen LogP contribution < -0.4 is 10.6 Å². The zero-order chi connectivity index (χ0) is 13.4. The van der Waals surface area contributed by atoms with E-state index in [1.807, 2.05) is 0 Å². The van der Waals surface area contributed by atoms with Gasteiger partial charge in [0.1, 0.15) is 0 Å². The van der Waals surface area contributed by atoms with Gasteiger partial charge in [-0.2, -0.15) is 0 Å². The lowest BCUT2D eigenvalue weighted by Crippen LogP contribution is -2.37. The molecular weight excluding hydrogens is 258 g/mol. The summed E-state index contributed by atoms with van der Waals surface area (Å²) in [5.74, 6) is -1.50. The Labute approximate surface area is 108 Å². The van der Waals surface area contributed by atoms with Crippen LogP contribution in [0.4, 0.5) is 5.13 Å². The van der Waals surface area contributed by atoms with Crippen molar-refractivity contribution in [2.24, 2.45) is 0 Å². The summed E-state index contributed by atoms with van der Waals surface area (Å²) in [4.78, 5) is 26.7. The number of carbonyl (C=O) groups excluding carboxylic acids is 2. The fraction of sp³-hybridized carbons (Fsp3) is 0.500. The number of carbonyl (C=O) groups is 2. The number of nitrogens with one attached hydrogen (secondary N) is 2. The van der Waals surface area contributed by atoms with Gasteiger partial charge in [-0.3, -0.25) is 14.9 Å². The first-order valence-electron chi connectivity index (χ1n) is 5.33. The molecule has 1 aromatic rings. The number of rotatable bonds is 6. The van der Waals surface area contributed by atoms with Gasteiger partial charge in [-0.25, -0.2) is 4.98 Å². The van der Waals surface area contributed by atoms with Crippen LogP contribution in [-0.2, 0) is 14.3 Å². The van der Waals surface area contributed by atoms with Crippen molar-refractivity contribution in [3.05, 3.63) is 11.1 Å². The van der Waals surface area contributed by atoms with Crippen LogP contribution in [0.1, 0.15) is 5.69 Å². The molecule has 0 spiro atoms. The third-order valence-electron chi connectivity index (χ3n) is 1.81. The minimum Gasteiger partial charge on any atom is -0.394 e. The van der Waals surface area contributed by atoms with Crippen molar-refractivity contribution in [2.45, 2.75) is 6.92 Å². The second-order valence-electron chi connectivity index (χ2n) is 3.34. The highest BCUT2D eigenvalue weighted by atomic mass is 32.1. The Morgan fingerprint density at radius 2 is 2.22 bits per heavy atom. The third kappa shape index (κ3) is 5.21. The van der Waals surface area contributed by atoms with Gasteiger partial charge in [0.25, 0.3) is 0 Å². The predicted octanol–water partition coefficient (Wildman–Crippen LogP) is -0.485. The minimum absolute atomic E-state index is 0.0716. The molecule has 1 rings (SSSR count). The summed E-state index contributed by atoms with van der Waals surface area (Å²) in [5, 5.41) is 15.4. The van der Waals surface area contributed by atoms with Crippen LogP contribution in [0.25, 0.3) is 0 Å². The SMILES string of the molecule is Cc1csc(NC(=O)C(=O)NCCOCCO)n1. The Bertz CT molecular complexity index is 408. The zero-order valence-electron chi connectivity index (χ0n) is 9.93. The van der Waals surface area contributed by atoms with E-state index in [1.54, 1.807) is 12.3 Å². The van der Waals surface area contributed by atoms with E-state index in [1.165, 1.54) is 11.3 Å². The van der Waals surface area contributed by atoms with Crippen molar-refractivity contribution in [1.29, 1.82) is 0 Å². The van der Waals surface area contributed by atoms with Crippen molar-refractivity contribution < 1.29 is 19.4 Å². The van der Waals surface area contributed by atoms with Crippen LogP contribution in [0.5, 0.6) is 0 Å². The molecule has 1 heterocycles. The number of thiazole rings is 1. The van der Waals surface area contributed by atoms with Gasteiger partial charge in [-0.05, 0) is 6.92 Å². The molecule has 0 saturated carbocycles. The fourth-order valence-corrected chi connectivity index (χ4v) is 1.73. The number of aromatic nitrogens is 1. The molecule has 7 nitrogen and oxygen atoms in total. The van der Waals surface area contributed by atoms with Crippen LogP contribution in [0, 0.1) is 6.92 Å². The van der Waals surface area contributed by atoms with E-state index in [-0.39, 0.29) is 26.4 Å². The molecule has 3 N–H and O–H groups in total. The zero-order valence-corrected chi connectivity index (χ0v) is 10.7. The first kappa shape index (κ1) is 14.6. The van der Waals surface area contributed by atoms with Crippen LogP contribution in [0.3, 0.4) is 0 Å². The number of hydrogen-bond donors (Lipinski definition) is 3. The number of aliphatic hydroxyl groups excluding tert-OH is 1. The summed E-state index contributed by atoms with van der Waals surface area (Å²) in [6.45, 7) is 2.39. The largest absolute Gasteiger partial charge is 0.394 e. The van der Waals surface area contributed by atoms with Gasteiger partial charge < -0.3 is 15.2 Å². The van der Waals surface area contributed by atoms with Crippen LogP contribution in [0.15, 0.2) is 5.38 Å². The molecule has 100 valence electrons. The monoisotopic (exact) mass is 273 g/mol. The van der Waals surface area contributed by atoms with E-state index in [0.29, 0.717) is 5.13 Å². The quantitative estimate of drug-likeness (QED) is 0.480. The van der Waals surface area contributed by atoms with Crippen molar-refractivity contribution >= 4 is 28.3 Å². The van der Waals surface area contributed by atoms with Gasteiger partial charge >= 0.3 is 11.8 Å². The lowest BCUT2D eigenvalue weighted by atomic mass is 10.5. The van der Waals surface area contributed by atoms with Gasteiger partial charge in [0, 0.05) is 11.9 Å². The van der Waals surface area contributed by atoms with Gasteiger partial charge in [-0.15, -0.1) is 11.3 Å². The Balaban J connectivity index is 2.23. The van der Waals surface area contributed by atoms with E-state index in [9.17, 15) is 9.59 Å². The van der Waals surface area contributed by atoms with E-state index in [0.717, 1.165) is 5.69 Å². The molecule has 0 aliphatic heterocycles. The summed E-state index contributed by atoms with van der Waals surface area (Å²) in [6.07, 6.45) is 0. The average Bonchev–Trinajstić information content (AvgIpc) is 2.74. The Morgan fingerprint density at radius 3 is 2.83 bits per heavy atom. The van der Waals surface area contributed by atoms with E-state index in [2.05, 4.69) is 15.6 Å². The van der Waals surface area contributed by atoms with E-state index >= 15 is 0 Å². The second-order valence-corrected chi connectivity index (χ2v) is 4.20. The summed E-state index contributed by atoms with van der Waals surface area (Å²) in [7, 11) is 0. The maximum atomic E-state index is 11.4. The molecule has 0 bridgehead atoms. The molecule has 0 radical (unpaired) electrons. The third-order valence-corrected chi connectivity index (χ3v) is 2.69. The molecule has 18 heavy (non-hydrogen) atoms. The van der Waals surface area contributed by atoms with E-state index < -0.39 is 11.8 Å². The first-order valence-corrected chi connectivity index (χ1v) is 6.21. The maximum Gasteiger partial charge on any atom is 0.315 e. The average molecular weight is 273 g/mol. The van der Waals surface area contributed by atoms with Gasteiger partial charge in [0.2, 0.25) is 0 Å². The van der Waals surface area contributed by atoms with Crippen LogP contribution in [0.2, 0.25) is 0 Å². The lowest BCUT2D eigenvalue weighted by Gasteiger charge is -2.04. The highest BCUT2D eigenvalue weighted by molar-refractivity contribution is 7.14. The molecule has 0 unspecified atom stereocenters. The van der Waals surface area contributed by atoms with Crippen LogP contribution >= 0.6 is 11.3 Å². The molecule has 0 aliphatic rings. The summed E-state index contributed by atoms with van der Waals surface area (Å²) >= 11 is 1.25. The van der Waals surface area contributed by atoms with Gasteiger partial charge in [-0.1, -0.05) is 0 Å². The molecule has 2 amide bonds. The number of ether oxygens (including phenoxy) is 1. The highest BCUT2D eigenvalue weighted by Crippen LogP contribution is 2.13. The fourth-order valence-electron chi connectivity index (χ4n) is 1.05. The minimum atomic E-state index is -0.758. The number of anilines is 1. The molecule has 0 aliphatic carbocycles. The molecule has 1 aromatic heterocycles. The molecule has 8 heteroatoms. The number of hydrogen-bond acceptors (Lipinski definition) is 6. The standard InChI is InChI=1S/C10H15N3O4S/c1-7-6-18-10(12-7)13-9(16)8(15)11-2-4-17-5-3-14/h6,14H,2-5H2,1H3,(H,11,15)(H,12,13,16). The van der Waals surface area contributed by atoms with Gasteiger partial charge in [0.05, 0.1) is 25.5 Å². The van der Waals surface area contributed by atoms with Crippen LogP contribution in [-0.4, -0.2) is 48.3 Å².